The maximum Gasteiger partial charge on any atom is 0.319 e. The van der Waals surface area contributed by atoms with Gasteiger partial charge in [-0.2, -0.15) is 5.10 Å². The third-order valence-corrected chi connectivity index (χ3v) is 3.85. The van der Waals surface area contributed by atoms with E-state index < -0.39 is 0 Å². The van der Waals surface area contributed by atoms with Crippen LogP contribution in [0.4, 0.5) is 10.5 Å². The number of fused-ring (bicyclic) bond motifs is 1. The van der Waals surface area contributed by atoms with E-state index in [1.807, 2.05) is 11.6 Å². The number of benzene rings is 1. The number of anilines is 1. The lowest BCUT2D eigenvalue weighted by molar-refractivity contribution is 0.244. The minimum absolute atomic E-state index is 0.133. The van der Waals surface area contributed by atoms with Crippen LogP contribution in [0.5, 0.6) is 11.5 Å². The number of carbonyl (C=O) groups is 1. The molecule has 2 amide bonds. The van der Waals surface area contributed by atoms with E-state index in [-0.39, 0.29) is 12.1 Å². The number of amides is 2. The van der Waals surface area contributed by atoms with Crippen molar-refractivity contribution in [2.75, 3.05) is 19.0 Å². The molecule has 0 fully saturated rings. The van der Waals surface area contributed by atoms with Gasteiger partial charge in [0.05, 0.1) is 19.8 Å². The predicted octanol–water partition coefficient (Wildman–Crippen LogP) is 2.34. The molecule has 1 aliphatic heterocycles. The summed E-state index contributed by atoms with van der Waals surface area (Å²) in [5, 5.41) is 9.91. The molecule has 0 spiro atoms. The maximum atomic E-state index is 12.3. The van der Waals surface area contributed by atoms with Gasteiger partial charge in [-0.05, 0) is 31.9 Å². The van der Waals surface area contributed by atoms with Crippen molar-refractivity contribution in [3.05, 3.63) is 30.4 Å². The average molecular weight is 331 g/mol. The molecule has 8 nitrogen and oxygen atoms in total. The highest BCUT2D eigenvalue weighted by Crippen LogP contribution is 2.30. The van der Waals surface area contributed by atoms with E-state index in [1.165, 1.54) is 6.33 Å². The number of methoxy groups -OCH3 is 1. The van der Waals surface area contributed by atoms with Gasteiger partial charge in [-0.3, -0.25) is 0 Å². The SMILES string of the molecule is CCOc1ccc(NC(=O)NC2CCCn3ncnc32)cc1OC. The lowest BCUT2D eigenvalue weighted by atomic mass is 10.1. The van der Waals surface area contributed by atoms with Gasteiger partial charge in [-0.1, -0.05) is 0 Å². The first kappa shape index (κ1) is 16.1. The molecule has 3 rings (SSSR count). The largest absolute Gasteiger partial charge is 0.493 e. The number of rotatable bonds is 5. The van der Waals surface area contributed by atoms with Crippen LogP contribution >= 0.6 is 0 Å². The summed E-state index contributed by atoms with van der Waals surface area (Å²) in [6.07, 6.45) is 3.32. The van der Waals surface area contributed by atoms with Crippen molar-refractivity contribution < 1.29 is 14.3 Å². The highest BCUT2D eigenvalue weighted by Gasteiger charge is 2.24. The van der Waals surface area contributed by atoms with Gasteiger partial charge in [-0.25, -0.2) is 14.5 Å². The average Bonchev–Trinajstić information content (AvgIpc) is 3.06. The summed E-state index contributed by atoms with van der Waals surface area (Å²) in [5.41, 5.74) is 0.630. The molecule has 128 valence electrons. The van der Waals surface area contributed by atoms with E-state index in [0.717, 1.165) is 25.2 Å². The van der Waals surface area contributed by atoms with Crippen molar-refractivity contribution in [3.8, 4) is 11.5 Å². The quantitative estimate of drug-likeness (QED) is 0.877. The van der Waals surface area contributed by atoms with E-state index in [9.17, 15) is 4.79 Å². The summed E-state index contributed by atoms with van der Waals surface area (Å²) >= 11 is 0. The zero-order valence-electron chi connectivity index (χ0n) is 13.8. The van der Waals surface area contributed by atoms with Crippen LogP contribution in [-0.2, 0) is 6.54 Å². The maximum absolute atomic E-state index is 12.3. The second-order valence-corrected chi connectivity index (χ2v) is 5.43. The highest BCUT2D eigenvalue weighted by molar-refractivity contribution is 5.89. The lowest BCUT2D eigenvalue weighted by Gasteiger charge is -2.23. The summed E-state index contributed by atoms with van der Waals surface area (Å²) < 4.78 is 12.6. The number of nitrogens with zero attached hydrogens (tertiary/aromatic N) is 3. The number of aromatic nitrogens is 3. The molecular formula is C16H21N5O3. The number of urea groups is 1. The molecule has 1 atom stereocenters. The third kappa shape index (κ3) is 3.42. The smallest absolute Gasteiger partial charge is 0.319 e. The highest BCUT2D eigenvalue weighted by atomic mass is 16.5. The van der Waals surface area contributed by atoms with Crippen LogP contribution in [0.15, 0.2) is 24.5 Å². The molecular weight excluding hydrogens is 310 g/mol. The van der Waals surface area contributed by atoms with Crippen molar-refractivity contribution >= 4 is 11.7 Å². The van der Waals surface area contributed by atoms with E-state index in [2.05, 4.69) is 20.7 Å². The summed E-state index contributed by atoms with van der Waals surface area (Å²) in [5.74, 6) is 2.01. The fourth-order valence-electron chi connectivity index (χ4n) is 2.77. The number of nitrogens with one attached hydrogen (secondary N) is 2. The Morgan fingerprint density at radius 3 is 3.08 bits per heavy atom. The van der Waals surface area contributed by atoms with Gasteiger partial charge in [0.15, 0.2) is 11.5 Å². The molecule has 0 aliphatic carbocycles. The Morgan fingerprint density at radius 1 is 1.42 bits per heavy atom. The third-order valence-electron chi connectivity index (χ3n) is 3.85. The molecule has 8 heteroatoms. The summed E-state index contributed by atoms with van der Waals surface area (Å²) in [6.45, 7) is 3.29. The first-order valence-corrected chi connectivity index (χ1v) is 7.97. The Morgan fingerprint density at radius 2 is 2.29 bits per heavy atom. The van der Waals surface area contributed by atoms with Gasteiger partial charge in [0.1, 0.15) is 12.2 Å². The van der Waals surface area contributed by atoms with Crippen molar-refractivity contribution in [2.45, 2.75) is 32.4 Å². The molecule has 0 radical (unpaired) electrons. The van der Waals surface area contributed by atoms with Crippen LogP contribution in [0.1, 0.15) is 31.6 Å². The van der Waals surface area contributed by atoms with E-state index in [4.69, 9.17) is 9.47 Å². The minimum Gasteiger partial charge on any atom is -0.493 e. The van der Waals surface area contributed by atoms with Crippen molar-refractivity contribution in [2.24, 2.45) is 0 Å². The standard InChI is InChI=1S/C16H21N5O3/c1-3-24-13-7-6-11(9-14(13)23-2)19-16(22)20-12-5-4-8-21-15(12)17-10-18-21/h6-7,9-10,12H,3-5,8H2,1-2H3,(H2,19,20,22). The molecule has 1 unspecified atom stereocenters. The number of ether oxygens (including phenoxy) is 2. The summed E-state index contributed by atoms with van der Waals surface area (Å²) in [6, 6.07) is 4.85. The van der Waals surface area contributed by atoms with Gasteiger partial charge in [0.2, 0.25) is 0 Å². The zero-order chi connectivity index (χ0) is 16.9. The number of aryl methyl sites for hydroxylation is 1. The Balaban J connectivity index is 1.65. The minimum atomic E-state index is -0.289. The molecule has 2 aromatic rings. The van der Waals surface area contributed by atoms with E-state index >= 15 is 0 Å². The van der Waals surface area contributed by atoms with Crippen LogP contribution in [0.25, 0.3) is 0 Å². The van der Waals surface area contributed by atoms with Gasteiger partial charge in [0, 0.05) is 18.3 Å². The van der Waals surface area contributed by atoms with Crippen molar-refractivity contribution in [3.63, 3.8) is 0 Å². The van der Waals surface area contributed by atoms with Crippen LogP contribution in [0, 0.1) is 0 Å². The number of carbonyl (C=O) groups excluding carboxylic acids is 1. The molecule has 1 aliphatic rings. The van der Waals surface area contributed by atoms with Gasteiger partial charge >= 0.3 is 6.03 Å². The Labute approximate surface area is 140 Å². The predicted molar refractivity (Wildman–Crippen MR) is 88.3 cm³/mol. The fourth-order valence-corrected chi connectivity index (χ4v) is 2.77. The van der Waals surface area contributed by atoms with Crippen LogP contribution in [-0.4, -0.2) is 34.5 Å². The fraction of sp³-hybridized carbons (Fsp3) is 0.438. The summed E-state index contributed by atoms with van der Waals surface area (Å²) in [7, 11) is 1.57. The topological polar surface area (TPSA) is 90.3 Å². The molecule has 24 heavy (non-hydrogen) atoms. The lowest BCUT2D eigenvalue weighted by Crippen LogP contribution is -2.36. The monoisotopic (exact) mass is 331 g/mol. The normalized spacial score (nSPS) is 16.2. The summed E-state index contributed by atoms with van der Waals surface area (Å²) in [4.78, 5) is 16.5. The number of hydrogen-bond donors (Lipinski definition) is 2. The molecule has 0 bridgehead atoms. The van der Waals surface area contributed by atoms with Crippen LogP contribution in [0.3, 0.4) is 0 Å². The molecule has 0 saturated heterocycles. The second kappa shape index (κ2) is 7.20. The first-order valence-electron chi connectivity index (χ1n) is 7.97. The zero-order valence-corrected chi connectivity index (χ0v) is 13.8. The molecule has 0 saturated carbocycles. The Hall–Kier alpha value is -2.77. The Kier molecular flexibility index (Phi) is 4.83. The van der Waals surface area contributed by atoms with Crippen LogP contribution < -0.4 is 20.1 Å². The molecule has 2 heterocycles. The Bertz CT molecular complexity index is 715. The molecule has 1 aromatic carbocycles. The van der Waals surface area contributed by atoms with Crippen molar-refractivity contribution in [1.29, 1.82) is 0 Å². The molecule has 1 aromatic heterocycles. The van der Waals surface area contributed by atoms with Crippen LogP contribution in [0.2, 0.25) is 0 Å². The molecule has 2 N–H and O–H groups in total. The first-order chi connectivity index (χ1) is 11.7. The number of hydrogen-bond acceptors (Lipinski definition) is 5. The van der Waals surface area contributed by atoms with E-state index in [0.29, 0.717) is 23.8 Å². The van der Waals surface area contributed by atoms with Crippen molar-refractivity contribution in [1.82, 2.24) is 20.1 Å². The van der Waals surface area contributed by atoms with Gasteiger partial charge < -0.3 is 20.1 Å². The van der Waals surface area contributed by atoms with Gasteiger partial charge in [0.25, 0.3) is 0 Å². The second-order valence-electron chi connectivity index (χ2n) is 5.43. The van der Waals surface area contributed by atoms with E-state index in [1.54, 1.807) is 25.3 Å². The van der Waals surface area contributed by atoms with Gasteiger partial charge in [-0.15, -0.1) is 0 Å².